The molecular weight excluding hydrogens is 318 g/mol. The van der Waals surface area contributed by atoms with Crippen molar-refractivity contribution in [2.24, 2.45) is 5.10 Å². The lowest BCUT2D eigenvalue weighted by atomic mass is 10.2. The van der Waals surface area contributed by atoms with Gasteiger partial charge in [-0.15, -0.1) is 0 Å². The number of hydrazone groups is 1. The lowest BCUT2D eigenvalue weighted by molar-refractivity contribution is -0.124. The molecule has 0 aliphatic heterocycles. The maximum atomic E-state index is 11.8. The Hall–Kier alpha value is -2.60. The van der Waals surface area contributed by atoms with Crippen molar-refractivity contribution < 1.29 is 14.0 Å². The Morgan fingerprint density at radius 3 is 2.74 bits per heavy atom. The maximum Gasteiger partial charge on any atom is 0.240 e. The van der Waals surface area contributed by atoms with Gasteiger partial charge in [-0.2, -0.15) is 5.10 Å². The van der Waals surface area contributed by atoms with Gasteiger partial charge in [0.15, 0.2) is 0 Å². The highest BCUT2D eigenvalue weighted by Gasteiger charge is 2.08. The summed E-state index contributed by atoms with van der Waals surface area (Å²) >= 11 is 5.86. The molecule has 7 heteroatoms. The summed E-state index contributed by atoms with van der Waals surface area (Å²) in [6.07, 6.45) is 2.99. The van der Waals surface area contributed by atoms with Gasteiger partial charge in [-0.05, 0) is 42.8 Å². The molecule has 0 saturated heterocycles. The molecule has 0 bridgehead atoms. The summed E-state index contributed by atoms with van der Waals surface area (Å²) in [6.45, 7) is 1.84. The van der Waals surface area contributed by atoms with Crippen LogP contribution in [0.4, 0.5) is 5.69 Å². The molecule has 2 aromatic rings. The van der Waals surface area contributed by atoms with Crippen LogP contribution in [0.3, 0.4) is 0 Å². The molecule has 6 nitrogen and oxygen atoms in total. The molecule has 0 saturated carbocycles. The van der Waals surface area contributed by atoms with Crippen molar-refractivity contribution in [1.29, 1.82) is 0 Å². The van der Waals surface area contributed by atoms with Crippen molar-refractivity contribution in [1.82, 2.24) is 5.43 Å². The van der Waals surface area contributed by atoms with E-state index >= 15 is 0 Å². The molecule has 1 heterocycles. The van der Waals surface area contributed by atoms with E-state index in [4.69, 9.17) is 16.0 Å². The number of halogens is 1. The third kappa shape index (κ3) is 5.60. The molecule has 0 unspecified atom stereocenters. The zero-order valence-corrected chi connectivity index (χ0v) is 13.3. The number of carbonyl (C=O) groups excluding carboxylic acids is 2. The number of anilines is 1. The van der Waals surface area contributed by atoms with Crippen LogP contribution in [0.2, 0.25) is 5.02 Å². The second-order valence-electron chi connectivity index (χ2n) is 4.82. The Balaban J connectivity index is 1.74. The lowest BCUT2D eigenvalue weighted by Crippen LogP contribution is -2.20. The van der Waals surface area contributed by atoms with E-state index in [1.807, 2.05) is 6.92 Å². The summed E-state index contributed by atoms with van der Waals surface area (Å²) in [6, 6.07) is 8.60. The molecule has 0 aliphatic rings. The minimum atomic E-state index is -0.351. The van der Waals surface area contributed by atoms with Crippen LogP contribution >= 0.6 is 11.6 Å². The molecule has 2 rings (SSSR count). The highest BCUT2D eigenvalue weighted by Crippen LogP contribution is 2.19. The first-order chi connectivity index (χ1) is 11.0. The fourth-order valence-corrected chi connectivity index (χ4v) is 2.02. The van der Waals surface area contributed by atoms with E-state index in [2.05, 4.69) is 15.8 Å². The average Bonchev–Trinajstić information content (AvgIpc) is 3.01. The number of nitrogens with zero attached hydrogens (tertiary/aromatic N) is 1. The summed E-state index contributed by atoms with van der Waals surface area (Å²) in [7, 11) is 0. The van der Waals surface area contributed by atoms with Crippen LogP contribution in [0.5, 0.6) is 0 Å². The summed E-state index contributed by atoms with van der Waals surface area (Å²) < 4.78 is 5.03. The van der Waals surface area contributed by atoms with Crippen LogP contribution in [0, 0.1) is 6.92 Å². The highest BCUT2D eigenvalue weighted by molar-refractivity contribution is 6.30. The van der Waals surface area contributed by atoms with Gasteiger partial charge in [0.05, 0.1) is 12.5 Å². The van der Waals surface area contributed by atoms with Crippen molar-refractivity contribution >= 4 is 35.3 Å². The fourth-order valence-electron chi connectivity index (χ4n) is 1.80. The number of aryl methyl sites for hydroxylation is 1. The Morgan fingerprint density at radius 2 is 2.04 bits per heavy atom. The molecular formula is C16H16ClN3O3. The number of hydrogen-bond acceptors (Lipinski definition) is 4. The van der Waals surface area contributed by atoms with Crippen molar-refractivity contribution in [3.05, 3.63) is 52.9 Å². The number of hydrogen-bond donors (Lipinski definition) is 2. The van der Waals surface area contributed by atoms with Gasteiger partial charge in [0.1, 0.15) is 5.76 Å². The largest absolute Gasteiger partial charge is 0.463 e. The molecule has 1 aromatic carbocycles. The average molecular weight is 334 g/mol. The molecule has 120 valence electrons. The van der Waals surface area contributed by atoms with Crippen LogP contribution < -0.4 is 10.7 Å². The molecule has 0 fully saturated rings. The third-order valence-electron chi connectivity index (χ3n) is 2.97. The maximum absolute atomic E-state index is 11.8. The van der Waals surface area contributed by atoms with E-state index in [0.29, 0.717) is 16.5 Å². The van der Waals surface area contributed by atoms with Crippen LogP contribution in [-0.4, -0.2) is 18.0 Å². The van der Waals surface area contributed by atoms with Crippen molar-refractivity contribution in [3.63, 3.8) is 0 Å². The molecule has 0 spiro atoms. The number of furan rings is 1. The minimum Gasteiger partial charge on any atom is -0.463 e. The van der Waals surface area contributed by atoms with Gasteiger partial charge < -0.3 is 9.73 Å². The standard InChI is InChI=1S/C16H16ClN3O3/c1-11-9-12(17)4-5-14(11)19-15(21)6-7-16(22)20-18-10-13-3-2-8-23-13/h2-5,8-10H,6-7H2,1H3,(H,19,21)(H,20,22)/b18-10-. The first kappa shape index (κ1) is 16.8. The van der Waals surface area contributed by atoms with Gasteiger partial charge in [0.25, 0.3) is 0 Å². The van der Waals surface area contributed by atoms with E-state index in [1.165, 1.54) is 12.5 Å². The Morgan fingerprint density at radius 1 is 1.26 bits per heavy atom. The van der Waals surface area contributed by atoms with Crippen LogP contribution in [0.1, 0.15) is 24.2 Å². The SMILES string of the molecule is Cc1cc(Cl)ccc1NC(=O)CCC(=O)N/N=C\c1ccco1. The second-order valence-corrected chi connectivity index (χ2v) is 5.25. The van der Waals surface area contributed by atoms with E-state index in [-0.39, 0.29) is 24.7 Å². The van der Waals surface area contributed by atoms with Crippen molar-refractivity contribution in [3.8, 4) is 0 Å². The van der Waals surface area contributed by atoms with Crippen LogP contribution in [-0.2, 0) is 9.59 Å². The van der Waals surface area contributed by atoms with E-state index in [1.54, 1.807) is 30.3 Å². The van der Waals surface area contributed by atoms with Gasteiger partial charge in [0, 0.05) is 23.6 Å². The quantitative estimate of drug-likeness (QED) is 0.629. The molecule has 23 heavy (non-hydrogen) atoms. The molecule has 0 aliphatic carbocycles. The minimum absolute atomic E-state index is 0.0357. The van der Waals surface area contributed by atoms with E-state index in [0.717, 1.165) is 5.56 Å². The number of amides is 2. The Bertz CT molecular complexity index is 711. The zero-order valence-electron chi connectivity index (χ0n) is 12.5. The van der Waals surface area contributed by atoms with Gasteiger partial charge >= 0.3 is 0 Å². The van der Waals surface area contributed by atoms with Gasteiger partial charge in [-0.1, -0.05) is 11.6 Å². The fraction of sp³-hybridized carbons (Fsp3) is 0.188. The smallest absolute Gasteiger partial charge is 0.240 e. The van der Waals surface area contributed by atoms with Crippen LogP contribution in [0.25, 0.3) is 0 Å². The summed E-state index contributed by atoms with van der Waals surface area (Å²) in [4.78, 5) is 23.4. The molecule has 0 atom stereocenters. The van der Waals surface area contributed by atoms with Crippen molar-refractivity contribution in [2.45, 2.75) is 19.8 Å². The molecule has 2 amide bonds. The third-order valence-corrected chi connectivity index (χ3v) is 3.20. The van der Waals surface area contributed by atoms with E-state index < -0.39 is 0 Å². The summed E-state index contributed by atoms with van der Waals surface area (Å²) in [5.41, 5.74) is 3.87. The van der Waals surface area contributed by atoms with Crippen LogP contribution in [0.15, 0.2) is 46.1 Å². The summed E-state index contributed by atoms with van der Waals surface area (Å²) in [5.74, 6) is -0.0716. The predicted molar refractivity (Wildman–Crippen MR) is 88.5 cm³/mol. The topological polar surface area (TPSA) is 83.7 Å². The first-order valence-electron chi connectivity index (χ1n) is 6.96. The molecule has 2 N–H and O–H groups in total. The monoisotopic (exact) mass is 333 g/mol. The Labute approximate surface area is 138 Å². The number of nitrogens with one attached hydrogen (secondary N) is 2. The van der Waals surface area contributed by atoms with E-state index in [9.17, 15) is 9.59 Å². The number of rotatable bonds is 6. The lowest BCUT2D eigenvalue weighted by Gasteiger charge is -2.08. The molecule has 1 aromatic heterocycles. The highest BCUT2D eigenvalue weighted by atomic mass is 35.5. The Kier molecular flexibility index (Phi) is 5.94. The zero-order chi connectivity index (χ0) is 16.7. The van der Waals surface area contributed by atoms with Gasteiger partial charge in [-0.3, -0.25) is 9.59 Å². The number of benzene rings is 1. The normalized spacial score (nSPS) is 10.7. The number of carbonyl (C=O) groups is 2. The second kappa shape index (κ2) is 8.14. The molecule has 0 radical (unpaired) electrons. The predicted octanol–water partition coefficient (Wildman–Crippen LogP) is 3.11. The summed E-state index contributed by atoms with van der Waals surface area (Å²) in [5, 5.41) is 7.08. The van der Waals surface area contributed by atoms with Gasteiger partial charge in [0.2, 0.25) is 11.8 Å². The van der Waals surface area contributed by atoms with Gasteiger partial charge in [-0.25, -0.2) is 5.43 Å². The first-order valence-corrected chi connectivity index (χ1v) is 7.34. The van der Waals surface area contributed by atoms with Crippen molar-refractivity contribution in [2.75, 3.05) is 5.32 Å².